The van der Waals surface area contributed by atoms with Gasteiger partial charge in [-0.2, -0.15) is 5.26 Å². The summed E-state index contributed by atoms with van der Waals surface area (Å²) < 4.78 is 14.2. The highest BCUT2D eigenvalue weighted by atomic mass is 79.9. The topological polar surface area (TPSA) is 47.3 Å². The van der Waals surface area contributed by atoms with Crippen LogP contribution in [0, 0.1) is 17.1 Å². The highest BCUT2D eigenvalue weighted by Crippen LogP contribution is 2.28. The molecule has 4 nitrogen and oxygen atoms in total. The van der Waals surface area contributed by atoms with E-state index in [1.54, 1.807) is 29.2 Å². The minimum absolute atomic E-state index is 0.139. The lowest BCUT2D eigenvalue weighted by Gasteiger charge is -2.25. The van der Waals surface area contributed by atoms with Gasteiger partial charge in [-0.1, -0.05) is 6.07 Å². The van der Waals surface area contributed by atoms with E-state index in [-0.39, 0.29) is 5.91 Å². The molecule has 0 saturated carbocycles. The van der Waals surface area contributed by atoms with E-state index in [2.05, 4.69) is 26.9 Å². The molecule has 1 fully saturated rings. The van der Waals surface area contributed by atoms with Crippen molar-refractivity contribution < 1.29 is 9.18 Å². The number of benzene rings is 2. The molecule has 1 saturated heterocycles. The average molecular weight is 402 g/mol. The van der Waals surface area contributed by atoms with E-state index in [0.717, 1.165) is 23.1 Å². The van der Waals surface area contributed by atoms with Crippen molar-refractivity contribution in [2.45, 2.75) is 6.42 Å². The standard InChI is InChI=1S/C19H17BrFN3O/c20-17-11-14(13-22)5-6-18(17)23-7-2-8-24(10-9-23)19(25)15-3-1-4-16(21)12-15/h1,3-6,11-12H,2,7-10H2. The lowest BCUT2D eigenvalue weighted by Crippen LogP contribution is -2.35. The number of carbonyl (C=O) groups excluding carboxylic acids is 1. The number of hydrogen-bond acceptors (Lipinski definition) is 3. The van der Waals surface area contributed by atoms with Crippen molar-refractivity contribution in [2.24, 2.45) is 0 Å². The number of hydrogen-bond donors (Lipinski definition) is 0. The van der Waals surface area contributed by atoms with Gasteiger partial charge in [-0.3, -0.25) is 4.79 Å². The zero-order chi connectivity index (χ0) is 17.8. The lowest BCUT2D eigenvalue weighted by molar-refractivity contribution is 0.0766. The number of halogens is 2. The van der Waals surface area contributed by atoms with Gasteiger partial charge in [-0.05, 0) is 58.7 Å². The fraction of sp³-hybridized carbons (Fsp3) is 0.263. The van der Waals surface area contributed by atoms with E-state index in [0.29, 0.717) is 30.8 Å². The molecule has 0 N–H and O–H groups in total. The number of anilines is 1. The Morgan fingerprint density at radius 1 is 1.12 bits per heavy atom. The second kappa shape index (κ2) is 7.66. The Bertz CT molecular complexity index is 834. The quantitative estimate of drug-likeness (QED) is 0.768. The molecular weight excluding hydrogens is 385 g/mol. The summed E-state index contributed by atoms with van der Waals surface area (Å²) in [6.07, 6.45) is 0.827. The van der Waals surface area contributed by atoms with E-state index in [1.165, 1.54) is 12.1 Å². The van der Waals surface area contributed by atoms with Gasteiger partial charge in [0.25, 0.3) is 5.91 Å². The molecule has 2 aromatic rings. The Kier molecular flexibility index (Phi) is 5.34. The van der Waals surface area contributed by atoms with E-state index < -0.39 is 5.82 Å². The van der Waals surface area contributed by atoms with Gasteiger partial charge in [0, 0.05) is 36.2 Å². The van der Waals surface area contributed by atoms with Crippen LogP contribution in [0.1, 0.15) is 22.3 Å². The summed E-state index contributed by atoms with van der Waals surface area (Å²) >= 11 is 3.52. The molecular formula is C19H17BrFN3O. The van der Waals surface area contributed by atoms with Gasteiger partial charge in [-0.25, -0.2) is 4.39 Å². The van der Waals surface area contributed by atoms with Crippen LogP contribution >= 0.6 is 15.9 Å². The zero-order valence-electron chi connectivity index (χ0n) is 13.6. The van der Waals surface area contributed by atoms with Crippen LogP contribution in [0.15, 0.2) is 46.9 Å². The van der Waals surface area contributed by atoms with E-state index in [4.69, 9.17) is 5.26 Å². The normalized spacial score (nSPS) is 14.8. The number of nitrogens with zero attached hydrogens (tertiary/aromatic N) is 3. The Balaban J connectivity index is 1.72. The largest absolute Gasteiger partial charge is 0.369 e. The first-order chi connectivity index (χ1) is 12.1. The fourth-order valence-corrected chi connectivity index (χ4v) is 3.63. The third-order valence-electron chi connectivity index (χ3n) is 4.27. The van der Waals surface area contributed by atoms with Crippen molar-refractivity contribution in [3.63, 3.8) is 0 Å². The van der Waals surface area contributed by atoms with Crippen molar-refractivity contribution in [2.75, 3.05) is 31.1 Å². The third kappa shape index (κ3) is 3.99. The number of nitriles is 1. The van der Waals surface area contributed by atoms with Crippen molar-refractivity contribution in [1.29, 1.82) is 5.26 Å². The van der Waals surface area contributed by atoms with Crippen LogP contribution in [0.2, 0.25) is 0 Å². The van der Waals surface area contributed by atoms with E-state index >= 15 is 0 Å². The van der Waals surface area contributed by atoms with Gasteiger partial charge in [0.05, 0.1) is 17.3 Å². The summed E-state index contributed by atoms with van der Waals surface area (Å²) in [4.78, 5) is 16.6. The number of amides is 1. The Morgan fingerprint density at radius 3 is 2.68 bits per heavy atom. The molecule has 0 spiro atoms. The van der Waals surface area contributed by atoms with Gasteiger partial charge in [0.2, 0.25) is 0 Å². The van der Waals surface area contributed by atoms with Crippen molar-refractivity contribution in [3.05, 3.63) is 63.9 Å². The Morgan fingerprint density at radius 2 is 1.96 bits per heavy atom. The molecule has 1 aliphatic rings. The van der Waals surface area contributed by atoms with E-state index in [1.807, 2.05) is 6.07 Å². The van der Waals surface area contributed by atoms with Crippen molar-refractivity contribution >= 4 is 27.5 Å². The van der Waals surface area contributed by atoms with Crippen LogP contribution < -0.4 is 4.90 Å². The highest BCUT2D eigenvalue weighted by Gasteiger charge is 2.21. The molecule has 0 atom stereocenters. The summed E-state index contributed by atoms with van der Waals surface area (Å²) in [6, 6.07) is 13.5. The van der Waals surface area contributed by atoms with Crippen molar-refractivity contribution in [3.8, 4) is 6.07 Å². The maximum atomic E-state index is 13.4. The number of rotatable bonds is 2. The lowest BCUT2D eigenvalue weighted by atomic mass is 10.2. The summed E-state index contributed by atoms with van der Waals surface area (Å²) in [5.41, 5.74) is 2.00. The van der Waals surface area contributed by atoms with E-state index in [9.17, 15) is 9.18 Å². The predicted molar refractivity (Wildman–Crippen MR) is 98.0 cm³/mol. The van der Waals surface area contributed by atoms with Gasteiger partial charge < -0.3 is 9.80 Å². The molecule has 1 amide bonds. The monoisotopic (exact) mass is 401 g/mol. The molecule has 128 valence electrons. The Hall–Kier alpha value is -2.39. The summed E-state index contributed by atoms with van der Waals surface area (Å²) in [6.45, 7) is 2.71. The van der Waals surface area contributed by atoms with Crippen LogP contribution in [-0.2, 0) is 0 Å². The summed E-state index contributed by atoms with van der Waals surface area (Å²) in [5.74, 6) is -0.538. The van der Waals surface area contributed by atoms with Gasteiger partial charge in [-0.15, -0.1) is 0 Å². The molecule has 0 unspecified atom stereocenters. The molecule has 0 aliphatic carbocycles. The first-order valence-electron chi connectivity index (χ1n) is 8.08. The maximum absolute atomic E-state index is 13.4. The second-order valence-electron chi connectivity index (χ2n) is 5.92. The first-order valence-corrected chi connectivity index (χ1v) is 8.87. The minimum atomic E-state index is -0.399. The van der Waals surface area contributed by atoms with Crippen LogP contribution in [0.25, 0.3) is 0 Å². The highest BCUT2D eigenvalue weighted by molar-refractivity contribution is 9.10. The van der Waals surface area contributed by atoms with Crippen LogP contribution in [0.5, 0.6) is 0 Å². The SMILES string of the molecule is N#Cc1ccc(N2CCCN(C(=O)c3cccc(F)c3)CC2)c(Br)c1. The predicted octanol–water partition coefficient (Wildman–Crippen LogP) is 3.81. The van der Waals surface area contributed by atoms with Gasteiger partial charge in [0.1, 0.15) is 5.82 Å². The maximum Gasteiger partial charge on any atom is 0.254 e. The minimum Gasteiger partial charge on any atom is -0.369 e. The first kappa shape index (κ1) is 17.4. The molecule has 1 aliphatic heterocycles. The molecule has 0 aromatic heterocycles. The summed E-state index contributed by atoms with van der Waals surface area (Å²) in [5, 5.41) is 8.98. The fourth-order valence-electron chi connectivity index (χ4n) is 3.00. The molecule has 0 bridgehead atoms. The average Bonchev–Trinajstić information content (AvgIpc) is 2.87. The number of carbonyl (C=O) groups is 1. The molecule has 6 heteroatoms. The second-order valence-corrected chi connectivity index (χ2v) is 6.78. The summed E-state index contributed by atoms with van der Waals surface area (Å²) in [7, 11) is 0. The molecule has 2 aromatic carbocycles. The van der Waals surface area contributed by atoms with Gasteiger partial charge >= 0.3 is 0 Å². The van der Waals surface area contributed by atoms with Crippen LogP contribution in [0.4, 0.5) is 10.1 Å². The molecule has 0 radical (unpaired) electrons. The van der Waals surface area contributed by atoms with Crippen LogP contribution in [0.3, 0.4) is 0 Å². The zero-order valence-corrected chi connectivity index (χ0v) is 15.2. The van der Waals surface area contributed by atoms with Crippen molar-refractivity contribution in [1.82, 2.24) is 4.90 Å². The van der Waals surface area contributed by atoms with Gasteiger partial charge in [0.15, 0.2) is 0 Å². The molecule has 1 heterocycles. The third-order valence-corrected chi connectivity index (χ3v) is 4.91. The van der Waals surface area contributed by atoms with Crippen LogP contribution in [-0.4, -0.2) is 37.0 Å². The molecule has 3 rings (SSSR count). The smallest absolute Gasteiger partial charge is 0.254 e. The Labute approximate surface area is 154 Å². The molecule has 25 heavy (non-hydrogen) atoms.